The monoisotopic (exact) mass is 206 g/mol. The molecular formula is C13H15FO. The smallest absolute Gasteiger partial charge is 0.137 e. The van der Waals surface area contributed by atoms with Crippen molar-refractivity contribution in [3.8, 4) is 0 Å². The maximum absolute atomic E-state index is 12.6. The van der Waals surface area contributed by atoms with Gasteiger partial charge in [-0.25, -0.2) is 4.39 Å². The van der Waals surface area contributed by atoms with Gasteiger partial charge < -0.3 is 0 Å². The lowest BCUT2D eigenvalue weighted by Gasteiger charge is -2.00. The van der Waals surface area contributed by atoms with Crippen molar-refractivity contribution < 1.29 is 9.18 Å². The van der Waals surface area contributed by atoms with E-state index >= 15 is 0 Å². The van der Waals surface area contributed by atoms with Crippen LogP contribution in [0.4, 0.5) is 4.39 Å². The van der Waals surface area contributed by atoms with Crippen LogP contribution in [0.15, 0.2) is 24.3 Å². The molecule has 0 heterocycles. The molecule has 1 aliphatic carbocycles. The predicted molar refractivity (Wildman–Crippen MR) is 57.1 cm³/mol. The molecule has 0 unspecified atom stereocenters. The molecule has 0 spiro atoms. The molecule has 15 heavy (non-hydrogen) atoms. The minimum absolute atomic E-state index is 0.246. The zero-order valence-electron chi connectivity index (χ0n) is 8.71. The van der Waals surface area contributed by atoms with Crippen LogP contribution in [-0.4, -0.2) is 5.78 Å². The molecule has 2 rings (SSSR count). The molecule has 1 saturated carbocycles. The highest BCUT2D eigenvalue weighted by atomic mass is 19.1. The average molecular weight is 206 g/mol. The predicted octanol–water partition coefficient (Wildman–Crippen LogP) is 3.13. The number of ketones is 1. The molecule has 0 N–H and O–H groups in total. The van der Waals surface area contributed by atoms with Gasteiger partial charge in [0.25, 0.3) is 0 Å². The second-order valence-electron chi connectivity index (χ2n) is 4.32. The largest absolute Gasteiger partial charge is 0.299 e. The normalized spacial score (nSPS) is 15.3. The molecule has 1 fully saturated rings. The fourth-order valence-corrected chi connectivity index (χ4v) is 1.69. The van der Waals surface area contributed by atoms with Crippen molar-refractivity contribution in [2.24, 2.45) is 5.92 Å². The number of benzene rings is 1. The van der Waals surface area contributed by atoms with Crippen LogP contribution in [0.3, 0.4) is 0 Å². The maximum Gasteiger partial charge on any atom is 0.137 e. The first-order chi connectivity index (χ1) is 7.24. The Bertz CT molecular complexity index is 338. The van der Waals surface area contributed by atoms with Crippen LogP contribution in [0.2, 0.25) is 0 Å². The minimum atomic E-state index is -0.246. The Morgan fingerprint density at radius 1 is 1.27 bits per heavy atom. The van der Waals surface area contributed by atoms with Crippen molar-refractivity contribution in [1.29, 1.82) is 0 Å². The zero-order chi connectivity index (χ0) is 10.7. The Kier molecular flexibility index (Phi) is 3.14. The van der Waals surface area contributed by atoms with Crippen LogP contribution in [0.25, 0.3) is 0 Å². The summed E-state index contributed by atoms with van der Waals surface area (Å²) in [7, 11) is 0. The third-order valence-electron chi connectivity index (χ3n) is 2.84. The molecule has 0 saturated heterocycles. The van der Waals surface area contributed by atoms with Crippen LogP contribution in [0, 0.1) is 11.7 Å². The van der Waals surface area contributed by atoms with Gasteiger partial charge in [-0.1, -0.05) is 25.0 Å². The van der Waals surface area contributed by atoms with E-state index in [4.69, 9.17) is 0 Å². The highest BCUT2D eigenvalue weighted by Crippen LogP contribution is 2.33. The van der Waals surface area contributed by atoms with Gasteiger partial charge in [0.2, 0.25) is 0 Å². The first-order valence-electron chi connectivity index (χ1n) is 5.50. The Balaban J connectivity index is 1.79. The summed E-state index contributed by atoms with van der Waals surface area (Å²) >= 11 is 0. The molecule has 0 radical (unpaired) electrons. The summed E-state index contributed by atoms with van der Waals surface area (Å²) in [6.45, 7) is 0. The van der Waals surface area contributed by atoms with Crippen molar-refractivity contribution in [2.45, 2.75) is 32.1 Å². The molecule has 2 heteroatoms. The van der Waals surface area contributed by atoms with E-state index in [-0.39, 0.29) is 11.6 Å². The van der Waals surface area contributed by atoms with Crippen LogP contribution >= 0.6 is 0 Å². The van der Waals surface area contributed by atoms with Crippen molar-refractivity contribution in [3.05, 3.63) is 35.6 Å². The summed E-state index contributed by atoms with van der Waals surface area (Å²) in [5, 5.41) is 0. The van der Waals surface area contributed by atoms with Gasteiger partial charge in [-0.3, -0.25) is 4.79 Å². The minimum Gasteiger partial charge on any atom is -0.299 e. The Hall–Kier alpha value is -1.18. The van der Waals surface area contributed by atoms with E-state index in [1.807, 2.05) is 0 Å². The molecule has 0 aliphatic heterocycles. The Labute approximate surface area is 89.3 Å². The number of hydrogen-bond acceptors (Lipinski definition) is 1. The summed E-state index contributed by atoms with van der Waals surface area (Å²) in [6, 6.07) is 6.18. The van der Waals surface area contributed by atoms with E-state index in [2.05, 4.69) is 0 Å². The summed E-state index contributed by atoms with van der Waals surface area (Å²) < 4.78 is 12.6. The Morgan fingerprint density at radius 2 is 1.93 bits per heavy atom. The number of carbonyl (C=O) groups is 1. The second kappa shape index (κ2) is 4.56. The van der Waals surface area contributed by atoms with Gasteiger partial charge in [0.05, 0.1) is 0 Å². The molecule has 1 aromatic carbocycles. The summed E-state index contributed by atoms with van der Waals surface area (Å²) in [6.07, 6.45) is 4.77. The van der Waals surface area contributed by atoms with Gasteiger partial charge in [0.15, 0.2) is 0 Å². The SMILES string of the molecule is O=C(CCC1CC1)Cc1ccc(F)cc1. The zero-order valence-corrected chi connectivity index (χ0v) is 8.71. The van der Waals surface area contributed by atoms with Gasteiger partial charge in [-0.05, 0) is 30.0 Å². The van der Waals surface area contributed by atoms with Crippen molar-refractivity contribution in [3.63, 3.8) is 0 Å². The highest BCUT2D eigenvalue weighted by molar-refractivity contribution is 5.80. The van der Waals surface area contributed by atoms with Crippen LogP contribution in [-0.2, 0) is 11.2 Å². The van der Waals surface area contributed by atoms with Crippen LogP contribution in [0.1, 0.15) is 31.2 Å². The van der Waals surface area contributed by atoms with Crippen molar-refractivity contribution in [2.75, 3.05) is 0 Å². The van der Waals surface area contributed by atoms with E-state index in [0.717, 1.165) is 17.9 Å². The average Bonchev–Trinajstić information content (AvgIpc) is 3.02. The molecule has 80 valence electrons. The van der Waals surface area contributed by atoms with Gasteiger partial charge in [0, 0.05) is 12.8 Å². The summed E-state index contributed by atoms with van der Waals surface area (Å²) in [5.74, 6) is 0.833. The van der Waals surface area contributed by atoms with E-state index in [1.165, 1.54) is 25.0 Å². The topological polar surface area (TPSA) is 17.1 Å². The first-order valence-corrected chi connectivity index (χ1v) is 5.50. The number of hydrogen-bond donors (Lipinski definition) is 0. The highest BCUT2D eigenvalue weighted by Gasteiger charge is 2.21. The molecule has 0 amide bonds. The van der Waals surface area contributed by atoms with Gasteiger partial charge >= 0.3 is 0 Å². The van der Waals surface area contributed by atoms with E-state index in [9.17, 15) is 9.18 Å². The second-order valence-corrected chi connectivity index (χ2v) is 4.32. The van der Waals surface area contributed by atoms with Crippen LogP contribution < -0.4 is 0 Å². The molecule has 0 aromatic heterocycles. The molecule has 1 aromatic rings. The third kappa shape index (κ3) is 3.46. The third-order valence-corrected chi connectivity index (χ3v) is 2.84. The van der Waals surface area contributed by atoms with Crippen molar-refractivity contribution in [1.82, 2.24) is 0 Å². The number of Topliss-reactive ketones (excluding diaryl/α,β-unsaturated/α-hetero) is 1. The first kappa shape index (κ1) is 10.3. The van der Waals surface area contributed by atoms with Gasteiger partial charge in [-0.2, -0.15) is 0 Å². The van der Waals surface area contributed by atoms with Crippen LogP contribution in [0.5, 0.6) is 0 Å². The van der Waals surface area contributed by atoms with Crippen molar-refractivity contribution >= 4 is 5.78 Å². The quantitative estimate of drug-likeness (QED) is 0.723. The molecular weight excluding hydrogens is 191 g/mol. The molecule has 0 atom stereocenters. The standard InChI is InChI=1S/C13H15FO/c14-12-6-3-11(4-7-12)9-13(15)8-5-10-1-2-10/h3-4,6-7,10H,1-2,5,8-9H2. The lowest BCUT2D eigenvalue weighted by atomic mass is 10.0. The summed E-state index contributed by atoms with van der Waals surface area (Å²) in [4.78, 5) is 11.5. The van der Waals surface area contributed by atoms with Gasteiger partial charge in [-0.15, -0.1) is 0 Å². The van der Waals surface area contributed by atoms with E-state index in [0.29, 0.717) is 12.8 Å². The fourth-order valence-electron chi connectivity index (χ4n) is 1.69. The lowest BCUT2D eigenvalue weighted by Crippen LogP contribution is -2.02. The Morgan fingerprint density at radius 3 is 2.53 bits per heavy atom. The molecule has 0 bridgehead atoms. The van der Waals surface area contributed by atoms with E-state index < -0.39 is 0 Å². The fraction of sp³-hybridized carbons (Fsp3) is 0.462. The van der Waals surface area contributed by atoms with E-state index in [1.54, 1.807) is 12.1 Å². The maximum atomic E-state index is 12.6. The molecule has 1 nitrogen and oxygen atoms in total. The lowest BCUT2D eigenvalue weighted by molar-refractivity contribution is -0.118. The summed E-state index contributed by atoms with van der Waals surface area (Å²) in [5.41, 5.74) is 0.914. The number of rotatable bonds is 5. The number of carbonyl (C=O) groups excluding carboxylic acids is 1. The van der Waals surface area contributed by atoms with Gasteiger partial charge in [0.1, 0.15) is 11.6 Å². The molecule has 1 aliphatic rings. The number of halogens is 1.